The number of aryl methyl sites for hydroxylation is 1. The number of hydrogen-bond acceptors (Lipinski definition) is 5. The summed E-state index contributed by atoms with van der Waals surface area (Å²) in [6.07, 6.45) is 6.34. The number of benzene rings is 1. The Labute approximate surface area is 170 Å². The van der Waals surface area contributed by atoms with Crippen LogP contribution in [0.25, 0.3) is 11.0 Å². The Kier molecular flexibility index (Phi) is 4.93. The van der Waals surface area contributed by atoms with E-state index in [1.54, 1.807) is 47.5 Å². The van der Waals surface area contributed by atoms with Crippen LogP contribution in [0.15, 0.2) is 49.1 Å². The molecule has 140 valence electrons. The molecule has 28 heavy (non-hydrogen) atoms. The second-order valence-corrected chi connectivity index (χ2v) is 6.90. The van der Waals surface area contributed by atoms with Gasteiger partial charge >= 0.3 is 0 Å². The van der Waals surface area contributed by atoms with E-state index in [2.05, 4.69) is 25.4 Å². The van der Waals surface area contributed by atoms with Crippen molar-refractivity contribution in [1.82, 2.24) is 24.7 Å². The van der Waals surface area contributed by atoms with Gasteiger partial charge in [-0.15, -0.1) is 0 Å². The smallest absolute Gasteiger partial charge is 0.258 e. The van der Waals surface area contributed by atoms with E-state index in [1.807, 2.05) is 6.92 Å². The zero-order valence-corrected chi connectivity index (χ0v) is 16.2. The standard InChI is InChI=1S/C19H14Cl2N6O/c1-11-16-17(21)15(19(28)25-13-4-2-12(20)3-5-13)9-24-18(16)27(26-11)10-14-8-22-6-7-23-14/h2-9H,10H2,1H3,(H,25,28). The molecule has 1 aromatic carbocycles. The first-order valence-corrected chi connectivity index (χ1v) is 9.12. The Morgan fingerprint density at radius 3 is 2.61 bits per heavy atom. The predicted octanol–water partition coefficient (Wildman–Crippen LogP) is 4.14. The van der Waals surface area contributed by atoms with Gasteiger partial charge in [0, 0.05) is 29.3 Å². The molecule has 9 heteroatoms. The largest absolute Gasteiger partial charge is 0.322 e. The molecule has 0 atom stereocenters. The first-order chi connectivity index (χ1) is 13.5. The van der Waals surface area contributed by atoms with Crippen molar-refractivity contribution in [3.8, 4) is 0 Å². The summed E-state index contributed by atoms with van der Waals surface area (Å²) in [6, 6.07) is 6.82. The minimum atomic E-state index is -0.359. The maximum atomic E-state index is 12.7. The van der Waals surface area contributed by atoms with Gasteiger partial charge in [0.05, 0.1) is 40.1 Å². The highest BCUT2D eigenvalue weighted by molar-refractivity contribution is 6.39. The molecule has 1 amide bonds. The lowest BCUT2D eigenvalue weighted by Gasteiger charge is -2.08. The van der Waals surface area contributed by atoms with E-state index < -0.39 is 0 Å². The lowest BCUT2D eigenvalue weighted by molar-refractivity contribution is 0.102. The van der Waals surface area contributed by atoms with E-state index >= 15 is 0 Å². The summed E-state index contributed by atoms with van der Waals surface area (Å²) < 4.78 is 1.70. The Morgan fingerprint density at radius 2 is 1.89 bits per heavy atom. The summed E-state index contributed by atoms with van der Waals surface area (Å²) in [4.78, 5) is 25.4. The fourth-order valence-corrected chi connectivity index (χ4v) is 3.32. The highest BCUT2D eigenvalue weighted by Crippen LogP contribution is 2.29. The summed E-state index contributed by atoms with van der Waals surface area (Å²) in [5.74, 6) is -0.359. The SMILES string of the molecule is Cc1nn(Cc2cnccn2)c2ncc(C(=O)Nc3ccc(Cl)cc3)c(Cl)c12. The molecule has 0 saturated heterocycles. The molecule has 0 spiro atoms. The second kappa shape index (κ2) is 7.53. The van der Waals surface area contributed by atoms with Gasteiger partial charge in [-0.25, -0.2) is 9.67 Å². The van der Waals surface area contributed by atoms with Crippen molar-refractivity contribution in [3.63, 3.8) is 0 Å². The van der Waals surface area contributed by atoms with Gasteiger partial charge in [0.15, 0.2) is 5.65 Å². The summed E-state index contributed by atoms with van der Waals surface area (Å²) in [6.45, 7) is 2.22. The number of nitrogens with one attached hydrogen (secondary N) is 1. The van der Waals surface area contributed by atoms with E-state index in [1.165, 1.54) is 6.20 Å². The van der Waals surface area contributed by atoms with Gasteiger partial charge in [-0.3, -0.25) is 14.8 Å². The number of carbonyl (C=O) groups excluding carboxylic acids is 1. The van der Waals surface area contributed by atoms with Gasteiger partial charge in [0.1, 0.15) is 0 Å². The Hall–Kier alpha value is -3.03. The number of aromatic nitrogens is 5. The summed E-state index contributed by atoms with van der Waals surface area (Å²) in [5, 5.41) is 8.81. The van der Waals surface area contributed by atoms with Gasteiger partial charge in [-0.2, -0.15) is 5.10 Å². The number of anilines is 1. The number of rotatable bonds is 4. The number of amides is 1. The van der Waals surface area contributed by atoms with E-state index in [9.17, 15) is 4.79 Å². The minimum Gasteiger partial charge on any atom is -0.322 e. The lowest BCUT2D eigenvalue weighted by atomic mass is 10.2. The minimum absolute atomic E-state index is 0.270. The van der Waals surface area contributed by atoms with Crippen LogP contribution in [0, 0.1) is 6.92 Å². The van der Waals surface area contributed by atoms with Crippen molar-refractivity contribution in [2.24, 2.45) is 0 Å². The van der Waals surface area contributed by atoms with Crippen molar-refractivity contribution < 1.29 is 4.79 Å². The molecule has 4 aromatic rings. The molecule has 0 saturated carbocycles. The topological polar surface area (TPSA) is 85.6 Å². The van der Waals surface area contributed by atoms with Gasteiger partial charge in [-0.05, 0) is 31.2 Å². The number of nitrogens with zero attached hydrogens (tertiary/aromatic N) is 5. The fourth-order valence-electron chi connectivity index (χ4n) is 2.84. The van der Waals surface area contributed by atoms with Crippen LogP contribution in [-0.4, -0.2) is 30.6 Å². The number of pyridine rings is 1. The summed E-state index contributed by atoms with van der Waals surface area (Å²) in [5.41, 5.74) is 2.88. The first-order valence-electron chi connectivity index (χ1n) is 8.36. The maximum absolute atomic E-state index is 12.7. The molecule has 1 N–H and O–H groups in total. The Bertz CT molecular complexity index is 1160. The number of halogens is 2. The third kappa shape index (κ3) is 3.54. The van der Waals surface area contributed by atoms with Gasteiger partial charge in [0.2, 0.25) is 0 Å². The average Bonchev–Trinajstić information content (AvgIpc) is 3.01. The van der Waals surface area contributed by atoms with Crippen LogP contribution in [0.1, 0.15) is 21.7 Å². The first kappa shape index (κ1) is 18.3. The Morgan fingerprint density at radius 1 is 1.11 bits per heavy atom. The molecule has 0 fully saturated rings. The molecule has 0 aliphatic rings. The third-order valence-corrected chi connectivity index (χ3v) is 4.79. The molecule has 0 bridgehead atoms. The van der Waals surface area contributed by atoms with Crippen LogP contribution < -0.4 is 5.32 Å². The molecule has 0 aliphatic heterocycles. The number of hydrogen-bond donors (Lipinski definition) is 1. The van der Waals surface area contributed by atoms with Crippen molar-refractivity contribution >= 4 is 45.8 Å². The molecule has 4 rings (SSSR count). The van der Waals surface area contributed by atoms with Crippen molar-refractivity contribution in [2.45, 2.75) is 13.5 Å². The Balaban J connectivity index is 1.68. The molecular formula is C19H14Cl2N6O. The van der Waals surface area contributed by atoms with Crippen molar-refractivity contribution in [2.75, 3.05) is 5.32 Å². The van der Waals surface area contributed by atoms with E-state index in [0.717, 1.165) is 5.69 Å². The van der Waals surface area contributed by atoms with E-state index in [0.29, 0.717) is 39.0 Å². The van der Waals surface area contributed by atoms with Crippen LogP contribution in [0.4, 0.5) is 5.69 Å². The van der Waals surface area contributed by atoms with Crippen LogP contribution in [0.2, 0.25) is 10.0 Å². The monoisotopic (exact) mass is 412 g/mol. The van der Waals surface area contributed by atoms with Crippen molar-refractivity contribution in [3.05, 3.63) is 76.0 Å². The fraction of sp³-hybridized carbons (Fsp3) is 0.105. The normalized spacial score (nSPS) is 11.0. The van der Waals surface area contributed by atoms with Gasteiger partial charge < -0.3 is 5.32 Å². The van der Waals surface area contributed by atoms with Crippen LogP contribution in [0.3, 0.4) is 0 Å². The van der Waals surface area contributed by atoms with E-state index in [-0.39, 0.29) is 11.5 Å². The molecule has 0 unspecified atom stereocenters. The van der Waals surface area contributed by atoms with Crippen LogP contribution in [-0.2, 0) is 6.54 Å². The average molecular weight is 413 g/mol. The van der Waals surface area contributed by atoms with E-state index in [4.69, 9.17) is 23.2 Å². The molecule has 3 heterocycles. The van der Waals surface area contributed by atoms with Crippen LogP contribution >= 0.6 is 23.2 Å². The number of carbonyl (C=O) groups is 1. The lowest BCUT2D eigenvalue weighted by Crippen LogP contribution is -2.13. The molecule has 3 aromatic heterocycles. The molecular weight excluding hydrogens is 399 g/mol. The maximum Gasteiger partial charge on any atom is 0.258 e. The van der Waals surface area contributed by atoms with Crippen LogP contribution in [0.5, 0.6) is 0 Å². The zero-order chi connectivity index (χ0) is 19.7. The van der Waals surface area contributed by atoms with Crippen molar-refractivity contribution in [1.29, 1.82) is 0 Å². The molecule has 7 nitrogen and oxygen atoms in total. The molecule has 0 aliphatic carbocycles. The quantitative estimate of drug-likeness (QED) is 0.544. The number of fused-ring (bicyclic) bond motifs is 1. The summed E-state index contributed by atoms with van der Waals surface area (Å²) in [7, 11) is 0. The van der Waals surface area contributed by atoms with Gasteiger partial charge in [-0.1, -0.05) is 23.2 Å². The predicted molar refractivity (Wildman–Crippen MR) is 108 cm³/mol. The highest BCUT2D eigenvalue weighted by atomic mass is 35.5. The van der Waals surface area contributed by atoms with Gasteiger partial charge in [0.25, 0.3) is 5.91 Å². The highest BCUT2D eigenvalue weighted by Gasteiger charge is 2.19. The molecule has 0 radical (unpaired) electrons. The third-order valence-electron chi connectivity index (χ3n) is 4.15. The summed E-state index contributed by atoms with van der Waals surface area (Å²) >= 11 is 12.4. The second-order valence-electron chi connectivity index (χ2n) is 6.09. The zero-order valence-electron chi connectivity index (χ0n) is 14.7.